The monoisotopic (exact) mass is 794 g/mol. The molecule has 10 aromatic carbocycles. The van der Waals surface area contributed by atoms with Crippen molar-refractivity contribution in [2.24, 2.45) is 0 Å². The molecule has 0 aliphatic rings. The van der Waals surface area contributed by atoms with Gasteiger partial charge in [0.25, 0.3) is 0 Å². The van der Waals surface area contributed by atoms with Gasteiger partial charge >= 0.3 is 0 Å². The Kier molecular flexibility index (Phi) is 9.67. The Hall–Kier alpha value is -7.68. The van der Waals surface area contributed by atoms with E-state index in [0.29, 0.717) is 0 Å². The molecule has 0 unspecified atom stereocenters. The number of rotatable bonds is 10. The maximum atomic E-state index is 2.44. The van der Waals surface area contributed by atoms with E-state index >= 15 is 0 Å². The second-order valence-electron chi connectivity index (χ2n) is 16.4. The van der Waals surface area contributed by atoms with E-state index in [2.05, 4.69) is 241 Å². The maximum absolute atomic E-state index is 2.44. The van der Waals surface area contributed by atoms with Gasteiger partial charge in [-0.3, -0.25) is 0 Å². The Labute approximate surface area is 363 Å². The van der Waals surface area contributed by atoms with E-state index in [-0.39, 0.29) is 0 Å². The maximum Gasteiger partial charge on any atom is 0.0541 e. The molecule has 62 heavy (non-hydrogen) atoms. The molecule has 0 saturated carbocycles. The Balaban J connectivity index is 1.05. The lowest BCUT2D eigenvalue weighted by Crippen LogP contribution is -2.11. The summed E-state index contributed by atoms with van der Waals surface area (Å²) in [6, 6.07) is 82.5. The van der Waals surface area contributed by atoms with Crippen LogP contribution < -0.4 is 4.90 Å². The van der Waals surface area contributed by atoms with Crippen LogP contribution in [0.3, 0.4) is 0 Å². The molecule has 0 aliphatic carbocycles. The molecular weight excluding hydrogens is 749 g/mol. The summed E-state index contributed by atoms with van der Waals surface area (Å²) < 4.78 is 2.42. The van der Waals surface area contributed by atoms with Crippen molar-refractivity contribution in [2.75, 3.05) is 4.90 Å². The third-order valence-electron chi connectivity index (χ3n) is 12.6. The SMILES string of the molecule is CCCCc1ccc(-c2ccc(N(c3ccc(-c4ccccc4-n4c5ccccc5c5ccccc54)cc3)c3cccc(-c4ccc5ccccc5c4)c3)c3ccccc23)cc1. The first-order valence-electron chi connectivity index (χ1n) is 21.9. The van der Waals surface area contributed by atoms with Gasteiger partial charge in [-0.05, 0) is 117 Å². The van der Waals surface area contributed by atoms with Crippen molar-refractivity contribution in [2.45, 2.75) is 26.2 Å². The van der Waals surface area contributed by atoms with Gasteiger partial charge in [-0.25, -0.2) is 0 Å². The van der Waals surface area contributed by atoms with Gasteiger partial charge in [-0.1, -0.05) is 183 Å². The lowest BCUT2D eigenvalue weighted by molar-refractivity contribution is 0.795. The summed E-state index contributed by atoms with van der Waals surface area (Å²) in [5.41, 5.74) is 15.5. The fourth-order valence-electron chi connectivity index (χ4n) is 9.47. The molecule has 0 atom stereocenters. The fraction of sp³-hybridized carbons (Fsp3) is 0.0667. The van der Waals surface area contributed by atoms with Gasteiger partial charge in [0.2, 0.25) is 0 Å². The van der Waals surface area contributed by atoms with Crippen molar-refractivity contribution >= 4 is 60.4 Å². The summed E-state index contributed by atoms with van der Waals surface area (Å²) in [4.78, 5) is 2.44. The Bertz CT molecular complexity index is 3340. The van der Waals surface area contributed by atoms with E-state index in [9.17, 15) is 0 Å². The minimum absolute atomic E-state index is 1.09. The molecule has 11 rings (SSSR count). The lowest BCUT2D eigenvalue weighted by Gasteiger charge is -2.28. The zero-order chi connectivity index (χ0) is 41.4. The number of fused-ring (bicyclic) bond motifs is 5. The zero-order valence-electron chi connectivity index (χ0n) is 34.9. The number of aryl methyl sites for hydroxylation is 1. The summed E-state index contributed by atoms with van der Waals surface area (Å²) in [5.74, 6) is 0. The molecule has 2 heteroatoms. The van der Waals surface area contributed by atoms with Crippen molar-refractivity contribution < 1.29 is 0 Å². The third kappa shape index (κ3) is 6.71. The van der Waals surface area contributed by atoms with Crippen LogP contribution in [0.5, 0.6) is 0 Å². The van der Waals surface area contributed by atoms with Gasteiger partial charge < -0.3 is 9.47 Å². The summed E-state index contributed by atoms with van der Waals surface area (Å²) in [5, 5.41) is 7.45. The third-order valence-corrected chi connectivity index (χ3v) is 12.6. The molecule has 11 aromatic rings. The lowest BCUT2D eigenvalue weighted by atomic mass is 9.95. The molecule has 0 aliphatic heterocycles. The second kappa shape index (κ2) is 16.1. The first-order valence-corrected chi connectivity index (χ1v) is 21.9. The number of unbranched alkanes of at least 4 members (excludes halogenated alkanes) is 1. The van der Waals surface area contributed by atoms with Crippen molar-refractivity contribution in [3.8, 4) is 39.1 Å². The highest BCUT2D eigenvalue weighted by molar-refractivity contribution is 6.10. The highest BCUT2D eigenvalue weighted by Crippen LogP contribution is 2.44. The highest BCUT2D eigenvalue weighted by atomic mass is 15.1. The molecule has 0 bridgehead atoms. The number of hydrogen-bond acceptors (Lipinski definition) is 1. The molecule has 2 nitrogen and oxygen atoms in total. The standard InChI is InChI=1S/C60H46N2/c1-2-3-15-42-28-30-44(31-29-42)51-38-39-60(54-22-7-6-21-53(51)54)61(50-19-14-18-47(41-50)48-33-32-43-16-4-5-17-46(43)40-48)49-36-34-45(35-37-49)52-20-8-11-25-57(52)62-58-26-12-9-23-55(58)56-24-10-13-27-59(56)62/h4-14,16-41H,2-3,15H2,1H3. The van der Waals surface area contributed by atoms with Crippen LogP contribution in [-0.4, -0.2) is 4.57 Å². The van der Waals surface area contributed by atoms with E-state index in [0.717, 1.165) is 29.2 Å². The fourth-order valence-corrected chi connectivity index (χ4v) is 9.47. The van der Waals surface area contributed by atoms with Crippen molar-refractivity contribution in [1.29, 1.82) is 0 Å². The first-order chi connectivity index (χ1) is 30.7. The minimum atomic E-state index is 1.09. The van der Waals surface area contributed by atoms with Crippen LogP contribution in [0.15, 0.2) is 224 Å². The first kappa shape index (κ1) is 37.3. The molecule has 0 amide bonds. The summed E-state index contributed by atoms with van der Waals surface area (Å²) in [7, 11) is 0. The molecule has 0 saturated heterocycles. The smallest absolute Gasteiger partial charge is 0.0541 e. The van der Waals surface area contributed by atoms with Gasteiger partial charge in [0.05, 0.1) is 22.4 Å². The van der Waals surface area contributed by atoms with Gasteiger partial charge in [0.1, 0.15) is 0 Å². The van der Waals surface area contributed by atoms with Crippen LogP contribution >= 0.6 is 0 Å². The van der Waals surface area contributed by atoms with Crippen LogP contribution in [0.1, 0.15) is 25.3 Å². The summed E-state index contributed by atoms with van der Waals surface area (Å²) >= 11 is 0. The number of aromatic nitrogens is 1. The molecule has 296 valence electrons. The Morgan fingerprint density at radius 3 is 1.74 bits per heavy atom. The topological polar surface area (TPSA) is 8.17 Å². The predicted octanol–water partition coefficient (Wildman–Crippen LogP) is 16.9. The minimum Gasteiger partial charge on any atom is -0.310 e. The van der Waals surface area contributed by atoms with Crippen LogP contribution in [0.2, 0.25) is 0 Å². The molecule has 0 radical (unpaired) electrons. The van der Waals surface area contributed by atoms with Gasteiger partial charge in [0.15, 0.2) is 0 Å². The quantitative estimate of drug-likeness (QED) is 0.134. The van der Waals surface area contributed by atoms with E-state index in [4.69, 9.17) is 0 Å². The second-order valence-corrected chi connectivity index (χ2v) is 16.4. The van der Waals surface area contributed by atoms with Gasteiger partial charge in [0, 0.05) is 33.1 Å². The predicted molar refractivity (Wildman–Crippen MR) is 265 cm³/mol. The van der Waals surface area contributed by atoms with Crippen LogP contribution in [-0.2, 0) is 6.42 Å². The highest BCUT2D eigenvalue weighted by Gasteiger charge is 2.20. The molecule has 1 heterocycles. The zero-order valence-corrected chi connectivity index (χ0v) is 34.9. The number of para-hydroxylation sites is 3. The van der Waals surface area contributed by atoms with Crippen molar-refractivity contribution in [3.63, 3.8) is 0 Å². The van der Waals surface area contributed by atoms with Crippen molar-refractivity contribution in [3.05, 3.63) is 230 Å². The van der Waals surface area contributed by atoms with Crippen molar-refractivity contribution in [1.82, 2.24) is 4.57 Å². The summed E-state index contributed by atoms with van der Waals surface area (Å²) in [6.07, 6.45) is 3.53. The molecule has 0 fully saturated rings. The van der Waals surface area contributed by atoms with E-state index in [1.807, 2.05) is 0 Å². The van der Waals surface area contributed by atoms with Crippen LogP contribution in [0.25, 0.3) is 82.4 Å². The number of anilines is 3. The van der Waals surface area contributed by atoms with Crippen LogP contribution in [0, 0.1) is 0 Å². The van der Waals surface area contributed by atoms with E-state index in [1.165, 1.54) is 95.1 Å². The number of benzene rings is 10. The molecule has 0 N–H and O–H groups in total. The number of hydrogen-bond donors (Lipinski definition) is 0. The van der Waals surface area contributed by atoms with Gasteiger partial charge in [-0.2, -0.15) is 0 Å². The van der Waals surface area contributed by atoms with Gasteiger partial charge in [-0.15, -0.1) is 0 Å². The Morgan fingerprint density at radius 1 is 0.387 bits per heavy atom. The normalized spacial score (nSPS) is 11.5. The summed E-state index contributed by atoms with van der Waals surface area (Å²) in [6.45, 7) is 2.26. The molecule has 1 aromatic heterocycles. The van der Waals surface area contributed by atoms with Crippen LogP contribution in [0.4, 0.5) is 17.1 Å². The van der Waals surface area contributed by atoms with E-state index in [1.54, 1.807) is 0 Å². The molecule has 0 spiro atoms. The Morgan fingerprint density at radius 2 is 0.984 bits per heavy atom. The molecular formula is C60H46N2. The average Bonchev–Trinajstić information content (AvgIpc) is 3.68. The number of nitrogens with zero attached hydrogens (tertiary/aromatic N) is 2. The van der Waals surface area contributed by atoms with E-state index < -0.39 is 0 Å². The largest absolute Gasteiger partial charge is 0.310 e. The average molecular weight is 795 g/mol.